The number of hydrogen-bond acceptors (Lipinski definition) is 6. The van der Waals surface area contributed by atoms with Crippen LogP contribution in [0.3, 0.4) is 0 Å². The van der Waals surface area contributed by atoms with Gasteiger partial charge in [0.1, 0.15) is 11.7 Å². The Morgan fingerprint density at radius 2 is 1.83 bits per heavy atom. The van der Waals surface area contributed by atoms with Crippen molar-refractivity contribution in [3.63, 3.8) is 0 Å². The summed E-state index contributed by atoms with van der Waals surface area (Å²) in [6, 6.07) is 0. The van der Waals surface area contributed by atoms with Gasteiger partial charge in [0, 0.05) is 23.5 Å². The normalized spacial score (nSPS) is 49.5. The average molecular weight is 332 g/mol. The van der Waals surface area contributed by atoms with Crippen LogP contribution in [-0.4, -0.2) is 40.6 Å². The lowest BCUT2D eigenvalue weighted by atomic mass is 9.47. The topological polar surface area (TPSA) is 89.9 Å². The molecule has 1 N–H and O–H groups in total. The third-order valence-electron chi connectivity index (χ3n) is 6.53. The van der Waals surface area contributed by atoms with Gasteiger partial charge in [-0.2, -0.15) is 0 Å². The van der Waals surface area contributed by atoms with Gasteiger partial charge in [-0.15, -0.1) is 0 Å². The first-order valence-electron chi connectivity index (χ1n) is 8.19. The molecule has 2 fully saturated rings. The Kier molecular flexibility index (Phi) is 2.83. The summed E-state index contributed by atoms with van der Waals surface area (Å²) in [5.41, 5.74) is -1.09. The molecule has 0 aromatic carbocycles. The summed E-state index contributed by atoms with van der Waals surface area (Å²) in [6.07, 6.45) is 1.05. The van der Waals surface area contributed by atoms with E-state index in [1.165, 1.54) is 12.2 Å². The summed E-state index contributed by atoms with van der Waals surface area (Å²) < 4.78 is 11.0. The molecular weight excluding hydrogens is 312 g/mol. The van der Waals surface area contributed by atoms with Crippen LogP contribution < -0.4 is 0 Å². The number of aliphatic hydroxyl groups is 1. The number of carbonyl (C=O) groups excluding carboxylic acids is 3. The molecule has 128 valence electrons. The number of esters is 2. The van der Waals surface area contributed by atoms with Gasteiger partial charge in [0.05, 0.1) is 17.4 Å². The van der Waals surface area contributed by atoms with Crippen molar-refractivity contribution < 1.29 is 29.0 Å². The maximum atomic E-state index is 13.0. The van der Waals surface area contributed by atoms with Crippen LogP contribution in [0.5, 0.6) is 0 Å². The van der Waals surface area contributed by atoms with Crippen LogP contribution in [-0.2, 0) is 23.9 Å². The van der Waals surface area contributed by atoms with E-state index >= 15 is 0 Å². The number of rotatable bonds is 0. The second-order valence-corrected chi connectivity index (χ2v) is 7.77. The molecule has 0 unspecified atom stereocenters. The molecule has 0 radical (unpaired) electrons. The highest BCUT2D eigenvalue weighted by atomic mass is 16.6. The number of allylic oxidation sites excluding steroid dienone is 1. The fourth-order valence-corrected chi connectivity index (χ4v) is 5.55. The molecule has 2 bridgehead atoms. The van der Waals surface area contributed by atoms with Crippen LogP contribution in [0, 0.1) is 23.2 Å². The zero-order chi connectivity index (χ0) is 17.6. The lowest BCUT2D eigenvalue weighted by molar-refractivity contribution is -0.195. The van der Waals surface area contributed by atoms with Crippen molar-refractivity contribution in [1.82, 2.24) is 0 Å². The number of aliphatic hydroxyl groups excluding tert-OH is 1. The molecule has 1 saturated heterocycles. The second kappa shape index (κ2) is 4.36. The van der Waals surface area contributed by atoms with Crippen LogP contribution in [0.1, 0.15) is 27.7 Å². The van der Waals surface area contributed by atoms with E-state index in [0.717, 1.165) is 0 Å². The summed E-state index contributed by atoms with van der Waals surface area (Å²) in [5.74, 6) is -2.84. The van der Waals surface area contributed by atoms with Crippen molar-refractivity contribution in [2.75, 3.05) is 0 Å². The third-order valence-corrected chi connectivity index (χ3v) is 6.53. The highest BCUT2D eigenvalue weighted by Gasteiger charge is 2.72. The lowest BCUT2D eigenvalue weighted by Gasteiger charge is -2.57. The molecule has 6 nitrogen and oxygen atoms in total. The Balaban J connectivity index is 1.99. The summed E-state index contributed by atoms with van der Waals surface area (Å²) in [4.78, 5) is 37.4. The minimum atomic E-state index is -1.17. The van der Waals surface area contributed by atoms with E-state index in [4.69, 9.17) is 9.47 Å². The van der Waals surface area contributed by atoms with Crippen LogP contribution in [0.15, 0.2) is 23.3 Å². The van der Waals surface area contributed by atoms with E-state index in [-0.39, 0.29) is 11.7 Å². The molecule has 2 heterocycles. The average Bonchev–Trinajstić information content (AvgIpc) is 2.71. The number of fused-ring (bicyclic) bond motifs is 6. The first kappa shape index (κ1) is 15.6. The quantitative estimate of drug-likeness (QED) is 0.664. The largest absolute Gasteiger partial charge is 0.459 e. The molecule has 4 aliphatic rings. The predicted molar refractivity (Wildman–Crippen MR) is 81.5 cm³/mol. The molecule has 4 rings (SSSR count). The molecular formula is C18H20O6. The zero-order valence-corrected chi connectivity index (χ0v) is 14.0. The van der Waals surface area contributed by atoms with Crippen molar-refractivity contribution in [3.8, 4) is 0 Å². The number of ether oxygens (including phenoxy) is 2. The van der Waals surface area contributed by atoms with Gasteiger partial charge in [0.15, 0.2) is 5.78 Å². The van der Waals surface area contributed by atoms with Gasteiger partial charge in [-0.05, 0) is 25.5 Å². The van der Waals surface area contributed by atoms with E-state index in [1.54, 1.807) is 20.8 Å². The van der Waals surface area contributed by atoms with Crippen LogP contribution >= 0.6 is 0 Å². The third kappa shape index (κ3) is 1.53. The Morgan fingerprint density at radius 3 is 2.50 bits per heavy atom. The maximum absolute atomic E-state index is 13.0. The number of carbonyl (C=O) groups is 3. The summed E-state index contributed by atoms with van der Waals surface area (Å²) in [5, 5.41) is 11.0. The molecule has 7 atom stereocenters. The Bertz CT molecular complexity index is 749. The molecule has 0 aromatic heterocycles. The van der Waals surface area contributed by atoms with Gasteiger partial charge < -0.3 is 14.6 Å². The van der Waals surface area contributed by atoms with E-state index < -0.39 is 47.0 Å². The van der Waals surface area contributed by atoms with Crippen molar-refractivity contribution in [2.24, 2.45) is 23.2 Å². The highest BCUT2D eigenvalue weighted by Crippen LogP contribution is 2.62. The SMILES string of the molecule is CC1=CC(=O)O[C@@]2(C)C1=CC(=O)[C@@]1(C)[C@H]3C(=O)O[C@H]([C@@H]3C)[C@H](O)[C@@H]12. The van der Waals surface area contributed by atoms with Gasteiger partial charge >= 0.3 is 11.9 Å². The van der Waals surface area contributed by atoms with Crippen molar-refractivity contribution >= 4 is 17.7 Å². The van der Waals surface area contributed by atoms with Crippen molar-refractivity contribution in [2.45, 2.75) is 45.5 Å². The predicted octanol–water partition coefficient (Wildman–Crippen LogP) is 0.932. The van der Waals surface area contributed by atoms with E-state index in [0.29, 0.717) is 11.1 Å². The van der Waals surface area contributed by atoms with E-state index in [2.05, 4.69) is 0 Å². The van der Waals surface area contributed by atoms with Crippen LogP contribution in [0.25, 0.3) is 0 Å². The first-order valence-corrected chi connectivity index (χ1v) is 8.19. The Labute approximate surface area is 139 Å². The molecule has 0 aromatic rings. The van der Waals surface area contributed by atoms with Gasteiger partial charge in [-0.1, -0.05) is 13.8 Å². The fraction of sp³-hybridized carbons (Fsp3) is 0.611. The van der Waals surface area contributed by atoms with Crippen LogP contribution in [0.4, 0.5) is 0 Å². The second-order valence-electron chi connectivity index (χ2n) is 7.77. The Hall–Kier alpha value is -1.95. The maximum Gasteiger partial charge on any atom is 0.331 e. The van der Waals surface area contributed by atoms with E-state index in [1.807, 2.05) is 6.92 Å². The molecule has 2 aliphatic carbocycles. The highest BCUT2D eigenvalue weighted by molar-refractivity contribution is 6.02. The van der Waals surface area contributed by atoms with Crippen LogP contribution in [0.2, 0.25) is 0 Å². The Morgan fingerprint density at radius 1 is 1.17 bits per heavy atom. The molecule has 24 heavy (non-hydrogen) atoms. The fourth-order valence-electron chi connectivity index (χ4n) is 5.55. The summed E-state index contributed by atoms with van der Waals surface area (Å²) >= 11 is 0. The smallest absolute Gasteiger partial charge is 0.331 e. The number of hydrogen-bond donors (Lipinski definition) is 1. The van der Waals surface area contributed by atoms with Gasteiger partial charge in [0.2, 0.25) is 0 Å². The zero-order valence-electron chi connectivity index (χ0n) is 14.0. The van der Waals surface area contributed by atoms with Gasteiger partial charge in [0.25, 0.3) is 0 Å². The van der Waals surface area contributed by atoms with Crippen molar-refractivity contribution in [1.29, 1.82) is 0 Å². The summed E-state index contributed by atoms with van der Waals surface area (Å²) in [7, 11) is 0. The molecule has 2 aliphatic heterocycles. The number of ketones is 1. The molecule has 6 heteroatoms. The van der Waals surface area contributed by atoms with Gasteiger partial charge in [-0.25, -0.2) is 4.79 Å². The molecule has 0 amide bonds. The monoisotopic (exact) mass is 332 g/mol. The minimum absolute atomic E-state index is 0.223. The van der Waals surface area contributed by atoms with Crippen molar-refractivity contribution in [3.05, 3.63) is 23.3 Å². The first-order chi connectivity index (χ1) is 11.1. The standard InChI is InChI=1S/C18H20O6/c1-7-5-11(20)24-18(4)9(7)6-10(19)17(3)12-8(2)14(23-16(12)22)13(21)15(17)18/h5-6,8,12-15,21H,1-4H3/t8-,12-,13+,14-,15+,17+,18+/m1/s1. The summed E-state index contributed by atoms with van der Waals surface area (Å²) in [6.45, 7) is 6.96. The van der Waals surface area contributed by atoms with E-state index in [9.17, 15) is 19.5 Å². The van der Waals surface area contributed by atoms with Gasteiger partial charge in [-0.3, -0.25) is 9.59 Å². The molecule has 1 saturated carbocycles. The molecule has 0 spiro atoms. The lowest BCUT2D eigenvalue weighted by Crippen LogP contribution is -2.67. The minimum Gasteiger partial charge on any atom is -0.459 e.